The number of carbonyl (C=O) groups is 2. The summed E-state index contributed by atoms with van der Waals surface area (Å²) in [6.45, 7) is 7.95. The van der Waals surface area contributed by atoms with Gasteiger partial charge in [-0.25, -0.2) is 0 Å². The summed E-state index contributed by atoms with van der Waals surface area (Å²) in [4.78, 5) is 25.9. The van der Waals surface area contributed by atoms with Crippen molar-refractivity contribution in [3.8, 4) is 0 Å². The van der Waals surface area contributed by atoms with Gasteiger partial charge in [-0.3, -0.25) is 13.8 Å². The summed E-state index contributed by atoms with van der Waals surface area (Å²) < 4.78 is 11.4. The third-order valence-electron chi connectivity index (χ3n) is 3.59. The lowest BCUT2D eigenvalue weighted by atomic mass is 9.97. The Labute approximate surface area is 117 Å². The Morgan fingerprint density at radius 2 is 1.89 bits per heavy atom. The molecule has 2 amide bonds. The van der Waals surface area contributed by atoms with Gasteiger partial charge >= 0.3 is 0 Å². The molecule has 0 aromatic heterocycles. The Morgan fingerprint density at radius 1 is 1.32 bits per heavy atom. The molecule has 19 heavy (non-hydrogen) atoms. The minimum Gasteiger partial charge on any atom is -0.343 e. The monoisotopic (exact) mass is 288 g/mol. The summed E-state index contributed by atoms with van der Waals surface area (Å²) in [5.74, 6) is -0.0707. The van der Waals surface area contributed by atoms with Crippen LogP contribution in [0.4, 0.5) is 0 Å². The van der Waals surface area contributed by atoms with E-state index >= 15 is 0 Å². The first-order valence-electron chi connectivity index (χ1n) is 6.68. The summed E-state index contributed by atoms with van der Waals surface area (Å²) in [6, 6.07) is -0.883. The van der Waals surface area contributed by atoms with Crippen molar-refractivity contribution in [3.63, 3.8) is 0 Å². The van der Waals surface area contributed by atoms with Gasteiger partial charge in [0.1, 0.15) is 12.1 Å². The number of rotatable bonds is 5. The van der Waals surface area contributed by atoms with E-state index in [4.69, 9.17) is 0 Å². The average molecular weight is 288 g/mol. The van der Waals surface area contributed by atoms with E-state index in [1.807, 2.05) is 20.8 Å². The largest absolute Gasteiger partial charge is 0.343 e. The van der Waals surface area contributed by atoms with Crippen molar-refractivity contribution in [1.29, 1.82) is 0 Å². The molecule has 0 aromatic rings. The van der Waals surface area contributed by atoms with Gasteiger partial charge in [0, 0.05) is 28.9 Å². The second-order valence-electron chi connectivity index (χ2n) is 5.55. The maximum Gasteiger partial charge on any atom is 0.245 e. The van der Waals surface area contributed by atoms with E-state index in [1.54, 1.807) is 18.1 Å². The first kappa shape index (κ1) is 16.1. The first-order valence-corrected chi connectivity index (χ1v) is 8.31. The predicted octanol–water partition coefficient (Wildman–Crippen LogP) is 0.515. The second kappa shape index (κ2) is 6.50. The fourth-order valence-corrected chi connectivity index (χ4v) is 2.72. The van der Waals surface area contributed by atoms with Gasteiger partial charge in [0.05, 0.1) is 0 Å². The van der Waals surface area contributed by atoms with E-state index in [1.165, 1.54) is 0 Å². The van der Waals surface area contributed by atoms with Crippen molar-refractivity contribution >= 4 is 22.6 Å². The van der Waals surface area contributed by atoms with Crippen molar-refractivity contribution < 1.29 is 13.8 Å². The van der Waals surface area contributed by atoms with Crippen LogP contribution in [0.3, 0.4) is 0 Å². The molecule has 1 heterocycles. The van der Waals surface area contributed by atoms with Crippen LogP contribution in [0.2, 0.25) is 0 Å². The highest BCUT2D eigenvalue weighted by atomic mass is 32.2. The number of hydrogen-bond donors (Lipinski definition) is 1. The van der Waals surface area contributed by atoms with Crippen molar-refractivity contribution in [3.05, 3.63) is 0 Å². The Kier molecular flexibility index (Phi) is 5.52. The number of nitrogens with one attached hydrogen (secondary N) is 1. The lowest BCUT2D eigenvalue weighted by molar-refractivity contribution is -0.150. The summed E-state index contributed by atoms with van der Waals surface area (Å²) >= 11 is 0. The number of amides is 2. The average Bonchev–Trinajstić information content (AvgIpc) is 2.30. The van der Waals surface area contributed by atoms with Crippen molar-refractivity contribution in [2.45, 2.75) is 51.4 Å². The molecule has 0 aliphatic carbocycles. The van der Waals surface area contributed by atoms with Gasteiger partial charge in [-0.05, 0) is 19.3 Å². The standard InChI is InChI=1S/C13H24N2O3S/c1-8(2)11-12(16)14-10(4)13(17)15(11)7-6-9(3)19(5)18/h8-11H,6-7H2,1-5H3,(H,14,16). The summed E-state index contributed by atoms with van der Waals surface area (Å²) in [5, 5.41) is 2.74. The van der Waals surface area contributed by atoms with Gasteiger partial charge in [0.2, 0.25) is 11.8 Å². The minimum absolute atomic E-state index is 0.0286. The van der Waals surface area contributed by atoms with Crippen molar-refractivity contribution in [2.75, 3.05) is 12.8 Å². The van der Waals surface area contributed by atoms with Crippen molar-refractivity contribution in [2.24, 2.45) is 5.92 Å². The topological polar surface area (TPSA) is 66.5 Å². The Balaban J connectivity index is 2.81. The number of hydrogen-bond acceptors (Lipinski definition) is 3. The molecule has 0 spiro atoms. The molecule has 1 rings (SSSR count). The molecule has 4 atom stereocenters. The molecule has 6 heteroatoms. The quantitative estimate of drug-likeness (QED) is 0.802. The molecule has 1 N–H and O–H groups in total. The fraction of sp³-hybridized carbons (Fsp3) is 0.846. The lowest BCUT2D eigenvalue weighted by Gasteiger charge is -2.40. The lowest BCUT2D eigenvalue weighted by Crippen LogP contribution is -2.64. The highest BCUT2D eigenvalue weighted by Gasteiger charge is 2.39. The second-order valence-corrected chi connectivity index (χ2v) is 7.35. The molecule has 0 radical (unpaired) electrons. The van der Waals surface area contributed by atoms with Crippen LogP contribution in [0, 0.1) is 5.92 Å². The van der Waals surface area contributed by atoms with Crippen LogP contribution < -0.4 is 5.32 Å². The molecule has 4 unspecified atom stereocenters. The van der Waals surface area contributed by atoms with E-state index in [9.17, 15) is 13.8 Å². The fourth-order valence-electron chi connectivity index (χ4n) is 2.29. The van der Waals surface area contributed by atoms with Crippen LogP contribution in [0.15, 0.2) is 0 Å². The number of nitrogens with zero attached hydrogens (tertiary/aromatic N) is 1. The number of piperazine rings is 1. The summed E-state index contributed by atoms with van der Waals surface area (Å²) in [7, 11) is -0.904. The van der Waals surface area contributed by atoms with E-state index in [0.29, 0.717) is 13.0 Å². The molecule has 1 aliphatic rings. The molecule has 0 bridgehead atoms. The van der Waals surface area contributed by atoms with Crippen LogP contribution in [-0.2, 0) is 20.4 Å². The van der Waals surface area contributed by atoms with Gasteiger partial charge in [-0.2, -0.15) is 0 Å². The normalized spacial score (nSPS) is 27.4. The number of carbonyl (C=O) groups excluding carboxylic acids is 2. The zero-order valence-corrected chi connectivity index (χ0v) is 13.1. The molecule has 0 aromatic carbocycles. The molecule has 0 saturated carbocycles. The van der Waals surface area contributed by atoms with Crippen LogP contribution in [-0.4, -0.2) is 51.1 Å². The minimum atomic E-state index is -0.904. The third kappa shape index (κ3) is 3.78. The van der Waals surface area contributed by atoms with E-state index < -0.39 is 22.9 Å². The molecule has 1 fully saturated rings. The van der Waals surface area contributed by atoms with E-state index in [2.05, 4.69) is 5.32 Å². The molecule has 1 saturated heterocycles. The highest BCUT2D eigenvalue weighted by Crippen LogP contribution is 2.18. The van der Waals surface area contributed by atoms with Crippen molar-refractivity contribution in [1.82, 2.24) is 10.2 Å². The maximum absolute atomic E-state index is 12.2. The summed E-state index contributed by atoms with van der Waals surface area (Å²) in [6.07, 6.45) is 2.32. The van der Waals surface area contributed by atoms with Crippen LogP contribution in [0.5, 0.6) is 0 Å². The highest BCUT2D eigenvalue weighted by molar-refractivity contribution is 7.84. The first-order chi connectivity index (χ1) is 8.75. The van der Waals surface area contributed by atoms with Gasteiger partial charge in [-0.1, -0.05) is 20.8 Å². The van der Waals surface area contributed by atoms with Gasteiger partial charge in [-0.15, -0.1) is 0 Å². The van der Waals surface area contributed by atoms with Gasteiger partial charge in [0.15, 0.2) is 0 Å². The molecular weight excluding hydrogens is 264 g/mol. The van der Waals surface area contributed by atoms with Crippen LogP contribution in [0.25, 0.3) is 0 Å². The SMILES string of the molecule is CC1NC(=O)C(C(C)C)N(CCC(C)S(C)=O)C1=O. The maximum atomic E-state index is 12.2. The molecule has 5 nitrogen and oxygen atoms in total. The molecule has 1 aliphatic heterocycles. The smallest absolute Gasteiger partial charge is 0.245 e. The van der Waals surface area contributed by atoms with Gasteiger partial charge < -0.3 is 10.2 Å². The van der Waals surface area contributed by atoms with Crippen LogP contribution in [0.1, 0.15) is 34.1 Å². The van der Waals surface area contributed by atoms with Gasteiger partial charge in [0.25, 0.3) is 0 Å². The Bertz CT molecular complexity index is 384. The van der Waals surface area contributed by atoms with E-state index in [0.717, 1.165) is 0 Å². The molecule has 110 valence electrons. The third-order valence-corrected chi connectivity index (χ3v) is 4.96. The van der Waals surface area contributed by atoms with Crippen LogP contribution >= 0.6 is 0 Å². The van der Waals surface area contributed by atoms with E-state index in [-0.39, 0.29) is 23.0 Å². The zero-order valence-electron chi connectivity index (χ0n) is 12.3. The zero-order chi connectivity index (χ0) is 14.7. The predicted molar refractivity (Wildman–Crippen MR) is 76.1 cm³/mol. The Hall–Kier alpha value is -0.910. The molecular formula is C13H24N2O3S. The Morgan fingerprint density at radius 3 is 2.37 bits per heavy atom. The summed E-state index contributed by atoms with van der Waals surface area (Å²) in [5.41, 5.74) is 0.